The lowest BCUT2D eigenvalue weighted by Crippen LogP contribution is -1.98. The third-order valence-corrected chi connectivity index (χ3v) is 6.15. The average molecular weight is 453 g/mol. The van der Waals surface area contributed by atoms with Crippen molar-refractivity contribution in [2.24, 2.45) is 0 Å². The normalized spacial score (nSPS) is 19.0. The highest BCUT2D eigenvalue weighted by Gasteiger charge is 2.27. The van der Waals surface area contributed by atoms with Gasteiger partial charge in [0, 0.05) is 24.7 Å². The van der Waals surface area contributed by atoms with Crippen LogP contribution >= 0.6 is 11.8 Å². The molecular formula is C24H36O6S. The van der Waals surface area contributed by atoms with Crippen molar-refractivity contribution in [3.8, 4) is 17.2 Å². The third kappa shape index (κ3) is 7.74. The van der Waals surface area contributed by atoms with E-state index in [0.29, 0.717) is 33.5 Å². The van der Waals surface area contributed by atoms with Crippen molar-refractivity contribution in [3.63, 3.8) is 0 Å². The summed E-state index contributed by atoms with van der Waals surface area (Å²) in [5.74, 6) is 3.44. The number of methoxy groups -OCH3 is 6. The minimum atomic E-state index is 0.371. The van der Waals surface area contributed by atoms with Gasteiger partial charge in [0.05, 0.1) is 35.5 Å². The smallest absolute Gasteiger partial charge is 0.203 e. The fraction of sp³-hybridized carbons (Fsp3) is 0.500. The summed E-state index contributed by atoms with van der Waals surface area (Å²) in [6.07, 6.45) is 10.2. The summed E-state index contributed by atoms with van der Waals surface area (Å²) < 4.78 is 31.5. The second-order valence-electron chi connectivity index (χ2n) is 6.60. The maximum absolute atomic E-state index is 5.49. The lowest BCUT2D eigenvalue weighted by atomic mass is 10.1. The van der Waals surface area contributed by atoms with Crippen molar-refractivity contribution in [1.29, 1.82) is 0 Å². The Morgan fingerprint density at radius 2 is 1.39 bits per heavy atom. The van der Waals surface area contributed by atoms with Gasteiger partial charge in [-0.15, -0.1) is 11.8 Å². The van der Waals surface area contributed by atoms with E-state index in [4.69, 9.17) is 23.7 Å². The Morgan fingerprint density at radius 3 is 1.84 bits per heavy atom. The molecule has 1 saturated heterocycles. The van der Waals surface area contributed by atoms with E-state index in [1.165, 1.54) is 5.56 Å². The van der Waals surface area contributed by atoms with Gasteiger partial charge in [-0.1, -0.05) is 12.2 Å². The number of benzene rings is 1. The number of thioether (sulfide) groups is 1. The van der Waals surface area contributed by atoms with E-state index >= 15 is 0 Å². The van der Waals surface area contributed by atoms with E-state index in [2.05, 4.69) is 10.8 Å². The molecule has 31 heavy (non-hydrogen) atoms. The quantitative estimate of drug-likeness (QED) is 0.360. The zero-order valence-corrected chi connectivity index (χ0v) is 20.7. The Kier molecular flexibility index (Phi) is 12.7. The van der Waals surface area contributed by atoms with Gasteiger partial charge in [-0.25, -0.2) is 0 Å². The molecule has 2 rings (SSSR count). The van der Waals surface area contributed by atoms with Gasteiger partial charge in [-0.05, 0) is 49.6 Å². The van der Waals surface area contributed by atoms with Gasteiger partial charge in [0.15, 0.2) is 23.0 Å². The van der Waals surface area contributed by atoms with Gasteiger partial charge in [-0.2, -0.15) is 0 Å². The molecule has 2 unspecified atom stereocenters. The van der Waals surface area contributed by atoms with Gasteiger partial charge in [0.1, 0.15) is 0 Å². The summed E-state index contributed by atoms with van der Waals surface area (Å²) in [4.78, 5) is 0. The minimum Gasteiger partial charge on any atom is -0.493 e. The number of ether oxygens (including phenoxy) is 6. The van der Waals surface area contributed by atoms with E-state index in [0.717, 1.165) is 18.6 Å². The Labute approximate surface area is 191 Å². The highest BCUT2D eigenvalue weighted by atomic mass is 32.2. The Hall–Kier alpha value is -2.25. The van der Waals surface area contributed by atoms with Crippen LogP contribution in [0, 0.1) is 0 Å². The fourth-order valence-corrected chi connectivity index (χ4v) is 4.61. The zero-order chi connectivity index (χ0) is 23.2. The molecular weight excluding hydrogens is 416 g/mol. The molecule has 1 fully saturated rings. The number of allylic oxidation sites excluding steroid dienone is 3. The van der Waals surface area contributed by atoms with E-state index in [-0.39, 0.29) is 0 Å². The van der Waals surface area contributed by atoms with Crippen molar-refractivity contribution in [1.82, 2.24) is 0 Å². The average Bonchev–Trinajstić information content (AvgIpc) is 3.27. The van der Waals surface area contributed by atoms with E-state index in [1.54, 1.807) is 49.8 Å². The molecule has 2 atom stereocenters. The standard InChI is InChI=1S/C22H30O5S.C2H6O/c1-7-8-17(23-2)18(24-3)11-9-16-10-12-21(28-16)15-13-19(25-4)22(27-6)20(14-15)26-5;1-3-2/h7-9,11,13-14,16,21H,10,12H2,1-6H3;1-2H3/b8-7-,11-9+,18-17-;. The molecule has 0 bridgehead atoms. The van der Waals surface area contributed by atoms with E-state index in [9.17, 15) is 0 Å². The Morgan fingerprint density at radius 1 is 0.839 bits per heavy atom. The van der Waals surface area contributed by atoms with Crippen LogP contribution in [0.2, 0.25) is 0 Å². The first-order valence-corrected chi connectivity index (χ1v) is 11.0. The monoisotopic (exact) mass is 452 g/mol. The van der Waals surface area contributed by atoms with Gasteiger partial charge in [0.2, 0.25) is 5.75 Å². The molecule has 1 aliphatic heterocycles. The molecule has 0 aromatic heterocycles. The maximum atomic E-state index is 5.49. The molecule has 0 aliphatic carbocycles. The van der Waals surface area contributed by atoms with Crippen LogP contribution in [0.1, 0.15) is 30.6 Å². The largest absolute Gasteiger partial charge is 0.493 e. The highest BCUT2D eigenvalue weighted by Crippen LogP contribution is 2.49. The SMILES string of the molecule is COC.C\C=C/C(OC)=C(\C=C\C1CCC(c2cc(OC)c(OC)c(OC)c2)S1)OC. The molecule has 174 valence electrons. The lowest BCUT2D eigenvalue weighted by Gasteiger charge is -2.17. The van der Waals surface area contributed by atoms with Crippen molar-refractivity contribution < 1.29 is 28.4 Å². The second kappa shape index (κ2) is 14.7. The van der Waals surface area contributed by atoms with Crippen molar-refractivity contribution in [3.05, 3.63) is 53.5 Å². The van der Waals surface area contributed by atoms with Crippen LogP contribution in [0.3, 0.4) is 0 Å². The number of hydrogen-bond donors (Lipinski definition) is 0. The molecule has 1 heterocycles. The Bertz CT molecular complexity index is 731. The molecule has 0 radical (unpaired) electrons. The minimum absolute atomic E-state index is 0.371. The molecule has 0 N–H and O–H groups in total. The summed E-state index contributed by atoms with van der Waals surface area (Å²) in [5.41, 5.74) is 1.18. The first kappa shape index (κ1) is 26.8. The first-order valence-electron chi connectivity index (χ1n) is 10.0. The molecule has 1 aliphatic rings. The molecule has 1 aromatic rings. The third-order valence-electron chi connectivity index (χ3n) is 4.57. The topological polar surface area (TPSA) is 55.4 Å². The summed E-state index contributed by atoms with van der Waals surface area (Å²) in [7, 11) is 11.5. The molecule has 0 saturated carbocycles. The number of hydrogen-bond acceptors (Lipinski definition) is 7. The van der Waals surface area contributed by atoms with Crippen LogP contribution in [0.4, 0.5) is 0 Å². The highest BCUT2D eigenvalue weighted by molar-refractivity contribution is 8.00. The van der Waals surface area contributed by atoms with Crippen LogP contribution in [0.25, 0.3) is 0 Å². The summed E-state index contributed by atoms with van der Waals surface area (Å²) in [5, 5.41) is 0.772. The van der Waals surface area contributed by atoms with Gasteiger partial charge in [0.25, 0.3) is 0 Å². The summed E-state index contributed by atoms with van der Waals surface area (Å²) in [6, 6.07) is 4.08. The Balaban J connectivity index is 0.00000151. The molecule has 7 heteroatoms. The number of rotatable bonds is 9. The lowest BCUT2D eigenvalue weighted by molar-refractivity contribution is 0.241. The molecule has 0 amide bonds. The zero-order valence-electron chi connectivity index (χ0n) is 19.9. The van der Waals surface area contributed by atoms with Crippen molar-refractivity contribution >= 4 is 11.8 Å². The van der Waals surface area contributed by atoms with Gasteiger partial charge < -0.3 is 28.4 Å². The summed E-state index contributed by atoms with van der Waals surface area (Å²) in [6.45, 7) is 1.95. The van der Waals surface area contributed by atoms with Crippen LogP contribution in [-0.2, 0) is 14.2 Å². The van der Waals surface area contributed by atoms with E-state index < -0.39 is 0 Å². The van der Waals surface area contributed by atoms with Crippen LogP contribution < -0.4 is 14.2 Å². The van der Waals surface area contributed by atoms with Gasteiger partial charge in [-0.3, -0.25) is 0 Å². The maximum Gasteiger partial charge on any atom is 0.203 e. The summed E-state index contributed by atoms with van der Waals surface area (Å²) >= 11 is 1.93. The van der Waals surface area contributed by atoms with Crippen molar-refractivity contribution in [2.45, 2.75) is 30.3 Å². The predicted octanol–water partition coefficient (Wildman–Crippen LogP) is 5.55. The van der Waals surface area contributed by atoms with Gasteiger partial charge >= 0.3 is 0 Å². The van der Waals surface area contributed by atoms with Crippen molar-refractivity contribution in [2.75, 3.05) is 49.8 Å². The van der Waals surface area contributed by atoms with Crippen LogP contribution in [0.5, 0.6) is 17.2 Å². The molecule has 1 aromatic carbocycles. The predicted molar refractivity (Wildman–Crippen MR) is 127 cm³/mol. The van der Waals surface area contributed by atoms with Crippen LogP contribution in [0.15, 0.2) is 48.0 Å². The van der Waals surface area contributed by atoms with Crippen LogP contribution in [-0.4, -0.2) is 55.0 Å². The fourth-order valence-electron chi connectivity index (χ4n) is 3.18. The second-order valence-corrected chi connectivity index (χ2v) is 8.05. The van der Waals surface area contributed by atoms with E-state index in [1.807, 2.05) is 49.0 Å². The first-order chi connectivity index (χ1) is 15.0. The molecule has 6 nitrogen and oxygen atoms in total. The molecule has 0 spiro atoms.